The van der Waals surface area contributed by atoms with Gasteiger partial charge < -0.3 is 19.6 Å². The van der Waals surface area contributed by atoms with E-state index in [2.05, 4.69) is 11.8 Å². The molecule has 0 bridgehead atoms. The molecular formula is C24H37N3O5S. The molecule has 1 aliphatic heterocycles. The lowest BCUT2D eigenvalue weighted by Crippen LogP contribution is -2.50. The van der Waals surface area contributed by atoms with Gasteiger partial charge in [0.2, 0.25) is 15.9 Å². The van der Waals surface area contributed by atoms with Crippen molar-refractivity contribution in [3.8, 4) is 17.6 Å². The molecule has 0 unspecified atom stereocenters. The molecular weight excluding hydrogens is 442 g/mol. The van der Waals surface area contributed by atoms with Gasteiger partial charge in [-0.15, -0.1) is 0 Å². The van der Waals surface area contributed by atoms with Gasteiger partial charge in [0, 0.05) is 37.5 Å². The van der Waals surface area contributed by atoms with Gasteiger partial charge in [-0.1, -0.05) is 25.7 Å². The smallest absolute Gasteiger partial charge is 0.247 e. The number of rotatable bonds is 7. The van der Waals surface area contributed by atoms with Crippen LogP contribution in [0.5, 0.6) is 5.75 Å². The van der Waals surface area contributed by atoms with Crippen molar-refractivity contribution in [1.82, 2.24) is 14.1 Å². The van der Waals surface area contributed by atoms with Gasteiger partial charge in [0.1, 0.15) is 16.7 Å². The van der Waals surface area contributed by atoms with E-state index < -0.39 is 22.2 Å². The molecule has 0 aromatic heterocycles. The summed E-state index contributed by atoms with van der Waals surface area (Å²) < 4.78 is 34.6. The van der Waals surface area contributed by atoms with Gasteiger partial charge in [0.15, 0.2) is 0 Å². The minimum atomic E-state index is -3.90. The van der Waals surface area contributed by atoms with Gasteiger partial charge in [-0.25, -0.2) is 8.42 Å². The topological polar surface area (TPSA) is 90.4 Å². The van der Waals surface area contributed by atoms with E-state index in [0.29, 0.717) is 12.1 Å². The fourth-order valence-electron chi connectivity index (χ4n) is 3.57. The van der Waals surface area contributed by atoms with E-state index in [0.717, 1.165) is 12.8 Å². The van der Waals surface area contributed by atoms with Crippen LogP contribution in [0.15, 0.2) is 23.1 Å². The fraction of sp³-hybridized carbons (Fsp3) is 0.625. The van der Waals surface area contributed by atoms with Crippen LogP contribution in [0.2, 0.25) is 0 Å². The molecule has 1 aromatic carbocycles. The Morgan fingerprint density at radius 3 is 2.64 bits per heavy atom. The number of ether oxygens (including phenoxy) is 1. The van der Waals surface area contributed by atoms with E-state index >= 15 is 0 Å². The number of hydrogen-bond acceptors (Lipinski definition) is 6. The van der Waals surface area contributed by atoms with Gasteiger partial charge in [-0.2, -0.15) is 4.31 Å². The zero-order valence-corrected chi connectivity index (χ0v) is 21.4. The third-order valence-corrected chi connectivity index (χ3v) is 7.63. The Morgan fingerprint density at radius 1 is 1.33 bits per heavy atom. The molecule has 1 aliphatic rings. The summed E-state index contributed by atoms with van der Waals surface area (Å²) in [5.41, 5.74) is 0.670. The summed E-state index contributed by atoms with van der Waals surface area (Å²) in [5, 5.41) is 9.74. The third kappa shape index (κ3) is 6.93. The maximum atomic E-state index is 13.5. The molecule has 0 fully saturated rings. The molecule has 0 spiro atoms. The van der Waals surface area contributed by atoms with Gasteiger partial charge in [-0.3, -0.25) is 4.79 Å². The molecule has 9 heteroatoms. The number of likely N-dealkylation sites (N-methyl/N-ethyl adjacent to an activating group) is 2. The SMILES string of the molecule is CCCC#Cc1ccc2c(c1)O[C@H](CN(C)C(=O)CN(C)C)[C@H](C)CN([C@H](C)CO)S2(=O)=O. The molecule has 0 radical (unpaired) electrons. The molecule has 0 saturated carbocycles. The van der Waals surface area contributed by atoms with Crippen LogP contribution in [-0.4, -0.2) is 93.1 Å². The number of nitrogens with zero attached hydrogens (tertiary/aromatic N) is 3. The highest BCUT2D eigenvalue weighted by Crippen LogP contribution is 2.34. The second kappa shape index (κ2) is 11.8. The number of fused-ring (bicyclic) bond motifs is 1. The molecule has 1 heterocycles. The van der Waals surface area contributed by atoms with E-state index in [4.69, 9.17) is 4.74 Å². The summed E-state index contributed by atoms with van der Waals surface area (Å²) in [4.78, 5) is 16.0. The lowest BCUT2D eigenvalue weighted by molar-refractivity contribution is -0.132. The first-order valence-electron chi connectivity index (χ1n) is 11.3. The zero-order valence-electron chi connectivity index (χ0n) is 20.5. The Balaban J connectivity index is 2.50. The maximum Gasteiger partial charge on any atom is 0.247 e. The lowest BCUT2D eigenvalue weighted by atomic mass is 10.0. The number of unbranched alkanes of at least 4 members (excludes halogenated alkanes) is 1. The first kappa shape index (κ1) is 27.1. The first-order chi connectivity index (χ1) is 15.5. The van der Waals surface area contributed by atoms with Gasteiger partial charge >= 0.3 is 0 Å². The monoisotopic (exact) mass is 479 g/mol. The Hall–Kier alpha value is -2.12. The van der Waals surface area contributed by atoms with Crippen molar-refractivity contribution < 1.29 is 23.1 Å². The van der Waals surface area contributed by atoms with Crippen LogP contribution < -0.4 is 4.74 Å². The molecule has 1 N–H and O–H groups in total. The lowest BCUT2D eigenvalue weighted by Gasteiger charge is -2.37. The molecule has 0 aliphatic carbocycles. The maximum absolute atomic E-state index is 13.5. The van der Waals surface area contributed by atoms with Gasteiger partial charge in [-0.05, 0) is 45.6 Å². The number of carbonyl (C=O) groups excluding carboxylic acids is 1. The standard InChI is InChI=1S/C24H37N3O5S/c1-7-8-9-10-20-11-12-23-21(13-20)32-22(15-26(6)24(29)16-25(4)5)18(2)14-27(19(3)17-28)33(23,30)31/h11-13,18-19,22,28H,7-8,14-17H2,1-6H3/t18-,19-,22-/m1/s1. The predicted octanol–water partition coefficient (Wildman–Crippen LogP) is 1.63. The molecule has 8 nitrogen and oxygen atoms in total. The van der Waals surface area contributed by atoms with Crippen molar-refractivity contribution in [2.45, 2.75) is 50.7 Å². The van der Waals surface area contributed by atoms with Crippen LogP contribution in [0.3, 0.4) is 0 Å². The highest BCUT2D eigenvalue weighted by Gasteiger charge is 2.38. The number of benzene rings is 1. The van der Waals surface area contributed by atoms with Crippen molar-refractivity contribution in [3.05, 3.63) is 23.8 Å². The Labute approximate surface area is 198 Å². The summed E-state index contributed by atoms with van der Waals surface area (Å²) in [6.07, 6.45) is 1.24. The van der Waals surface area contributed by atoms with Crippen LogP contribution in [-0.2, 0) is 14.8 Å². The second-order valence-corrected chi connectivity index (χ2v) is 10.8. The highest BCUT2D eigenvalue weighted by atomic mass is 32.2. The van der Waals surface area contributed by atoms with Crippen molar-refractivity contribution in [3.63, 3.8) is 0 Å². The number of carbonyl (C=O) groups is 1. The largest absolute Gasteiger partial charge is 0.487 e. The van der Waals surface area contributed by atoms with E-state index in [1.54, 1.807) is 35.9 Å². The highest BCUT2D eigenvalue weighted by molar-refractivity contribution is 7.89. The van der Waals surface area contributed by atoms with Crippen molar-refractivity contribution in [1.29, 1.82) is 0 Å². The average Bonchev–Trinajstić information content (AvgIpc) is 2.75. The Bertz CT molecular complexity index is 984. The van der Waals surface area contributed by atoms with Crippen molar-refractivity contribution in [2.24, 2.45) is 5.92 Å². The van der Waals surface area contributed by atoms with Crippen LogP contribution >= 0.6 is 0 Å². The molecule has 1 amide bonds. The summed E-state index contributed by atoms with van der Waals surface area (Å²) in [7, 11) is 1.48. The predicted molar refractivity (Wildman–Crippen MR) is 128 cm³/mol. The van der Waals surface area contributed by atoms with Crippen LogP contribution in [0, 0.1) is 17.8 Å². The zero-order chi connectivity index (χ0) is 24.8. The number of amides is 1. The number of sulfonamides is 1. The molecule has 2 rings (SSSR count). The fourth-order valence-corrected chi connectivity index (χ4v) is 5.40. The second-order valence-electron chi connectivity index (χ2n) is 8.97. The average molecular weight is 480 g/mol. The van der Waals surface area contributed by atoms with Crippen molar-refractivity contribution >= 4 is 15.9 Å². The quantitative estimate of drug-likeness (QED) is 0.598. The summed E-state index contributed by atoms with van der Waals surface area (Å²) >= 11 is 0. The number of hydrogen-bond donors (Lipinski definition) is 1. The first-order valence-corrected chi connectivity index (χ1v) is 12.8. The number of aliphatic hydroxyl groups excluding tert-OH is 1. The summed E-state index contributed by atoms with van der Waals surface area (Å²) in [6.45, 7) is 6.07. The molecule has 33 heavy (non-hydrogen) atoms. The van der Waals surface area contributed by atoms with Crippen molar-refractivity contribution in [2.75, 3.05) is 47.4 Å². The third-order valence-electron chi connectivity index (χ3n) is 5.61. The Morgan fingerprint density at radius 2 is 2.03 bits per heavy atom. The van der Waals surface area contributed by atoms with Crippen LogP contribution in [0.1, 0.15) is 39.2 Å². The molecule has 3 atom stereocenters. The molecule has 1 aromatic rings. The molecule has 184 valence electrons. The minimum absolute atomic E-state index is 0.0445. The van der Waals surface area contributed by atoms with Gasteiger partial charge in [0.05, 0.1) is 19.7 Å². The minimum Gasteiger partial charge on any atom is -0.487 e. The number of aliphatic hydroxyl groups is 1. The van der Waals surface area contributed by atoms with E-state index in [-0.39, 0.29) is 42.2 Å². The van der Waals surface area contributed by atoms with Crippen LogP contribution in [0.25, 0.3) is 0 Å². The van der Waals surface area contributed by atoms with Crippen LogP contribution in [0.4, 0.5) is 0 Å². The summed E-state index contributed by atoms with van der Waals surface area (Å²) in [5.74, 6) is 6.07. The van der Waals surface area contributed by atoms with Gasteiger partial charge in [0.25, 0.3) is 0 Å². The summed E-state index contributed by atoms with van der Waals surface area (Å²) in [6, 6.07) is 4.26. The Kier molecular flexibility index (Phi) is 9.73. The normalized spacial score (nSPS) is 21.1. The van der Waals surface area contributed by atoms with E-state index in [9.17, 15) is 18.3 Å². The van der Waals surface area contributed by atoms with E-state index in [1.165, 1.54) is 10.4 Å². The molecule has 0 saturated heterocycles. The van der Waals surface area contributed by atoms with E-state index in [1.807, 2.05) is 27.9 Å².